The minimum atomic E-state index is -0.289. The van der Waals surface area contributed by atoms with E-state index in [0.29, 0.717) is 11.7 Å². The molecule has 3 aromatic rings. The summed E-state index contributed by atoms with van der Waals surface area (Å²) in [6.45, 7) is 11.5. The molecule has 0 spiro atoms. The van der Waals surface area contributed by atoms with Crippen LogP contribution in [0.1, 0.15) is 39.4 Å². The topological polar surface area (TPSA) is 71.4 Å². The molecule has 1 atom stereocenters. The number of likely N-dealkylation sites (N-methyl/N-ethyl adjacent to an activating group) is 1. The smallest absolute Gasteiger partial charge is 0.323 e. The molecule has 2 heterocycles. The van der Waals surface area contributed by atoms with Crippen molar-refractivity contribution in [1.82, 2.24) is 14.5 Å². The number of fused-ring (bicyclic) bond motifs is 1. The Kier molecular flexibility index (Phi) is 6.65. The van der Waals surface area contributed by atoms with Crippen molar-refractivity contribution >= 4 is 28.4 Å². The highest BCUT2D eigenvalue weighted by molar-refractivity contribution is 6.00. The molecule has 0 radical (unpaired) electrons. The number of nitrogens with zero attached hydrogens (tertiary/aromatic N) is 3. The third-order valence-corrected chi connectivity index (χ3v) is 5.98. The Morgan fingerprint density at radius 2 is 1.88 bits per heavy atom. The summed E-state index contributed by atoms with van der Waals surface area (Å²) in [7, 11) is 0. The molecule has 7 heteroatoms. The number of nitrogens with one attached hydrogen (secondary N) is 2. The molecule has 2 amide bonds. The van der Waals surface area contributed by atoms with Crippen molar-refractivity contribution in [3.8, 4) is 5.75 Å². The van der Waals surface area contributed by atoms with Gasteiger partial charge in [-0.05, 0) is 89.2 Å². The van der Waals surface area contributed by atoms with Crippen molar-refractivity contribution in [2.75, 3.05) is 23.7 Å². The highest BCUT2D eigenvalue weighted by Gasteiger charge is 2.24. The van der Waals surface area contributed by atoms with Crippen molar-refractivity contribution < 1.29 is 9.53 Å². The van der Waals surface area contributed by atoms with Gasteiger partial charge in [-0.3, -0.25) is 4.90 Å². The van der Waals surface area contributed by atoms with Crippen LogP contribution in [0.2, 0.25) is 0 Å². The fraction of sp³-hybridized carbons (Fsp3) is 0.440. The first kappa shape index (κ1) is 22.1. The number of benzene rings is 2. The predicted octanol–water partition coefficient (Wildman–Crippen LogP) is 5.26. The van der Waals surface area contributed by atoms with Gasteiger partial charge in [0, 0.05) is 24.0 Å². The number of rotatable bonds is 7. The maximum absolute atomic E-state index is 12.5. The quantitative estimate of drug-likeness (QED) is 0.531. The van der Waals surface area contributed by atoms with E-state index in [1.807, 2.05) is 56.3 Å². The molecule has 1 unspecified atom stereocenters. The molecule has 0 saturated carbocycles. The van der Waals surface area contributed by atoms with E-state index in [9.17, 15) is 4.79 Å². The summed E-state index contributed by atoms with van der Waals surface area (Å²) < 4.78 is 7.94. The summed E-state index contributed by atoms with van der Waals surface area (Å²) in [5, 5.41) is 5.77. The van der Waals surface area contributed by atoms with E-state index in [1.165, 1.54) is 19.4 Å². The van der Waals surface area contributed by atoms with Crippen LogP contribution in [0.4, 0.5) is 16.2 Å². The number of amides is 2. The minimum Gasteiger partial charge on any atom is -0.491 e. The molecule has 7 nitrogen and oxygen atoms in total. The minimum absolute atomic E-state index is 0.114. The number of carbonyl (C=O) groups is 1. The van der Waals surface area contributed by atoms with Crippen LogP contribution in [0, 0.1) is 6.92 Å². The van der Waals surface area contributed by atoms with Crippen LogP contribution >= 0.6 is 0 Å². The van der Waals surface area contributed by atoms with Crippen LogP contribution in [0.5, 0.6) is 5.75 Å². The Hall–Kier alpha value is -3.06. The van der Waals surface area contributed by atoms with Gasteiger partial charge < -0.3 is 19.9 Å². The number of ether oxygens (including phenoxy) is 1. The average Bonchev–Trinajstić information content (AvgIpc) is 3.33. The summed E-state index contributed by atoms with van der Waals surface area (Å²) in [6, 6.07) is 13.5. The van der Waals surface area contributed by atoms with E-state index in [4.69, 9.17) is 9.72 Å². The molecule has 1 fully saturated rings. The molecule has 1 aliphatic rings. The lowest BCUT2D eigenvalue weighted by molar-refractivity contribution is 0.242. The van der Waals surface area contributed by atoms with Crippen LogP contribution in [-0.2, 0) is 6.54 Å². The summed E-state index contributed by atoms with van der Waals surface area (Å²) in [4.78, 5) is 19.8. The van der Waals surface area contributed by atoms with Crippen LogP contribution in [0.3, 0.4) is 0 Å². The summed E-state index contributed by atoms with van der Waals surface area (Å²) >= 11 is 0. The van der Waals surface area contributed by atoms with E-state index >= 15 is 0 Å². The molecule has 1 saturated heterocycles. The normalized spacial score (nSPS) is 16.6. The molecule has 4 rings (SSSR count). The second-order valence-corrected chi connectivity index (χ2v) is 8.67. The molecular formula is C25H33N5O2. The number of aromatic nitrogens is 2. The first-order chi connectivity index (χ1) is 15.4. The fourth-order valence-electron chi connectivity index (χ4n) is 4.47. The van der Waals surface area contributed by atoms with Crippen molar-refractivity contribution in [2.24, 2.45) is 0 Å². The van der Waals surface area contributed by atoms with Crippen LogP contribution in [0.25, 0.3) is 11.0 Å². The maximum atomic E-state index is 12.5. The molecule has 170 valence electrons. The number of urea groups is 1. The number of anilines is 2. The highest BCUT2D eigenvalue weighted by atomic mass is 16.5. The van der Waals surface area contributed by atoms with Crippen molar-refractivity contribution in [3.63, 3.8) is 0 Å². The average molecular weight is 436 g/mol. The molecule has 0 bridgehead atoms. The largest absolute Gasteiger partial charge is 0.491 e. The molecule has 2 aromatic carbocycles. The predicted molar refractivity (Wildman–Crippen MR) is 130 cm³/mol. The van der Waals surface area contributed by atoms with Crippen molar-refractivity contribution in [2.45, 2.75) is 59.2 Å². The molecule has 2 N–H and O–H groups in total. The lowest BCUT2D eigenvalue weighted by Crippen LogP contribution is -2.32. The zero-order valence-electron chi connectivity index (χ0n) is 19.4. The maximum Gasteiger partial charge on any atom is 0.323 e. The van der Waals surface area contributed by atoms with Gasteiger partial charge in [0.25, 0.3) is 0 Å². The van der Waals surface area contributed by atoms with Gasteiger partial charge in [0.2, 0.25) is 0 Å². The fourth-order valence-corrected chi connectivity index (χ4v) is 4.47. The van der Waals surface area contributed by atoms with E-state index in [1.54, 1.807) is 0 Å². The Labute approximate surface area is 189 Å². The van der Waals surface area contributed by atoms with E-state index in [2.05, 4.69) is 33.9 Å². The molecule has 0 aliphatic carbocycles. The van der Waals surface area contributed by atoms with Gasteiger partial charge in [-0.25, -0.2) is 9.78 Å². The molecular weight excluding hydrogens is 402 g/mol. The van der Waals surface area contributed by atoms with Gasteiger partial charge in [-0.1, -0.05) is 6.92 Å². The van der Waals surface area contributed by atoms with Crippen molar-refractivity contribution in [3.05, 3.63) is 48.3 Å². The van der Waals surface area contributed by atoms with E-state index in [-0.39, 0.29) is 12.1 Å². The van der Waals surface area contributed by atoms with E-state index < -0.39 is 0 Å². The standard InChI is InChI=1S/C25H33N5O2/c1-5-29-14-6-7-21(29)16-30-18(4)26-23-15-20(10-13-24(23)30)28-25(31)27-19-8-11-22(12-9-19)32-17(2)3/h8-13,15,17,21H,5-7,14,16H2,1-4H3,(H2,27,28,31). The summed E-state index contributed by atoms with van der Waals surface area (Å²) in [5.41, 5.74) is 3.43. The Bertz CT molecular complexity index is 1070. The van der Waals surface area contributed by atoms with Crippen LogP contribution in [-0.4, -0.2) is 45.7 Å². The van der Waals surface area contributed by atoms with Gasteiger partial charge in [-0.15, -0.1) is 0 Å². The number of likely N-dealkylation sites (tertiary alicyclic amines) is 1. The van der Waals surface area contributed by atoms with Gasteiger partial charge in [0.05, 0.1) is 17.1 Å². The van der Waals surface area contributed by atoms with Crippen molar-refractivity contribution in [1.29, 1.82) is 0 Å². The monoisotopic (exact) mass is 435 g/mol. The third-order valence-electron chi connectivity index (χ3n) is 5.98. The number of hydrogen-bond donors (Lipinski definition) is 2. The number of hydrogen-bond acceptors (Lipinski definition) is 4. The lowest BCUT2D eigenvalue weighted by Gasteiger charge is -2.24. The Morgan fingerprint density at radius 1 is 1.16 bits per heavy atom. The molecule has 1 aromatic heterocycles. The SMILES string of the molecule is CCN1CCCC1Cn1c(C)nc2cc(NC(=O)Nc3ccc(OC(C)C)cc3)ccc21. The first-order valence-corrected chi connectivity index (χ1v) is 11.5. The van der Waals surface area contributed by atoms with Crippen LogP contribution < -0.4 is 15.4 Å². The van der Waals surface area contributed by atoms with Gasteiger partial charge in [0.15, 0.2) is 0 Å². The number of carbonyl (C=O) groups excluding carboxylic acids is 1. The molecule has 1 aliphatic heterocycles. The highest BCUT2D eigenvalue weighted by Crippen LogP contribution is 2.25. The van der Waals surface area contributed by atoms with Gasteiger partial charge >= 0.3 is 6.03 Å². The summed E-state index contributed by atoms with van der Waals surface area (Å²) in [6.07, 6.45) is 2.61. The van der Waals surface area contributed by atoms with Gasteiger partial charge in [0.1, 0.15) is 11.6 Å². The Morgan fingerprint density at radius 3 is 2.59 bits per heavy atom. The third kappa shape index (κ3) is 5.05. The number of imidazole rings is 1. The molecule has 32 heavy (non-hydrogen) atoms. The second-order valence-electron chi connectivity index (χ2n) is 8.67. The van der Waals surface area contributed by atoms with E-state index in [0.717, 1.165) is 41.4 Å². The first-order valence-electron chi connectivity index (χ1n) is 11.5. The lowest BCUT2D eigenvalue weighted by atomic mass is 10.2. The van der Waals surface area contributed by atoms with Gasteiger partial charge in [-0.2, -0.15) is 0 Å². The van der Waals surface area contributed by atoms with Crippen LogP contribution in [0.15, 0.2) is 42.5 Å². The Balaban J connectivity index is 1.42. The second kappa shape index (κ2) is 9.61. The summed E-state index contributed by atoms with van der Waals surface area (Å²) in [5.74, 6) is 1.79. The zero-order valence-corrected chi connectivity index (χ0v) is 19.4. The number of aryl methyl sites for hydroxylation is 1. The zero-order chi connectivity index (χ0) is 22.7.